The Hall–Kier alpha value is -2.06. The predicted octanol–water partition coefficient (Wildman–Crippen LogP) is 2.29. The fraction of sp³-hybridized carbons (Fsp3) is 0.467. The van der Waals surface area contributed by atoms with E-state index in [-0.39, 0.29) is 13.2 Å². The zero-order valence-electron chi connectivity index (χ0n) is 12.1. The Labute approximate surface area is 119 Å². The van der Waals surface area contributed by atoms with Crippen LogP contribution >= 0.6 is 0 Å². The van der Waals surface area contributed by atoms with Crippen molar-refractivity contribution >= 4 is 6.09 Å². The summed E-state index contributed by atoms with van der Waals surface area (Å²) in [7, 11) is 0. The van der Waals surface area contributed by atoms with E-state index in [1.807, 2.05) is 6.07 Å². The lowest BCUT2D eigenvalue weighted by molar-refractivity contribution is 0.0201. The molecular weight excluding hydrogens is 256 g/mol. The monoisotopic (exact) mass is 276 g/mol. The summed E-state index contributed by atoms with van der Waals surface area (Å²) < 4.78 is 5.29. The van der Waals surface area contributed by atoms with Gasteiger partial charge in [0.05, 0.1) is 18.2 Å². The summed E-state index contributed by atoms with van der Waals surface area (Å²) in [4.78, 5) is 13.5. The number of carbonyl (C=O) groups is 1. The van der Waals surface area contributed by atoms with Crippen LogP contribution in [0, 0.1) is 11.3 Å². The van der Waals surface area contributed by atoms with Crippen LogP contribution < -0.4 is 0 Å². The van der Waals surface area contributed by atoms with E-state index in [4.69, 9.17) is 15.1 Å². The summed E-state index contributed by atoms with van der Waals surface area (Å²) in [5.41, 5.74) is 0.873. The lowest BCUT2D eigenvalue weighted by Crippen LogP contribution is -2.38. The Balaban J connectivity index is 2.75. The van der Waals surface area contributed by atoms with Gasteiger partial charge in [0.15, 0.2) is 0 Å². The highest BCUT2D eigenvalue weighted by atomic mass is 16.6. The molecule has 0 aliphatic carbocycles. The quantitative estimate of drug-likeness (QED) is 0.915. The second-order valence-corrected chi connectivity index (χ2v) is 5.43. The van der Waals surface area contributed by atoms with E-state index in [9.17, 15) is 4.79 Å². The molecule has 0 saturated carbocycles. The SMILES string of the molecule is CC(C)(C)OC(=O)N(CCO)Cc1ccc(C#N)cc1. The van der Waals surface area contributed by atoms with Crippen molar-refractivity contribution in [3.8, 4) is 6.07 Å². The Kier molecular flexibility index (Phi) is 5.53. The second kappa shape index (κ2) is 6.92. The Morgan fingerprint density at radius 1 is 1.35 bits per heavy atom. The van der Waals surface area contributed by atoms with Crippen molar-refractivity contribution in [3.63, 3.8) is 0 Å². The molecule has 5 heteroatoms. The molecular formula is C15H20N2O3. The van der Waals surface area contributed by atoms with Gasteiger partial charge in [0, 0.05) is 13.1 Å². The van der Waals surface area contributed by atoms with Crippen LogP contribution in [0.2, 0.25) is 0 Å². The van der Waals surface area contributed by atoms with Crippen LogP contribution in [0.5, 0.6) is 0 Å². The van der Waals surface area contributed by atoms with Crippen LogP contribution in [0.25, 0.3) is 0 Å². The summed E-state index contributed by atoms with van der Waals surface area (Å²) in [6, 6.07) is 9.00. The van der Waals surface area contributed by atoms with E-state index in [1.54, 1.807) is 45.0 Å². The normalized spacial score (nSPS) is 10.8. The number of hydrogen-bond acceptors (Lipinski definition) is 4. The number of nitrogens with zero attached hydrogens (tertiary/aromatic N) is 2. The molecule has 1 aromatic carbocycles. The molecule has 1 aromatic rings. The average Bonchev–Trinajstić information content (AvgIpc) is 2.37. The smallest absolute Gasteiger partial charge is 0.410 e. The number of benzene rings is 1. The van der Waals surface area contributed by atoms with E-state index >= 15 is 0 Å². The molecule has 0 heterocycles. The fourth-order valence-electron chi connectivity index (χ4n) is 1.59. The topological polar surface area (TPSA) is 73.6 Å². The Morgan fingerprint density at radius 3 is 2.40 bits per heavy atom. The van der Waals surface area contributed by atoms with Crippen LogP contribution in [0.15, 0.2) is 24.3 Å². The van der Waals surface area contributed by atoms with Gasteiger partial charge in [-0.15, -0.1) is 0 Å². The van der Waals surface area contributed by atoms with E-state index in [1.165, 1.54) is 4.90 Å². The van der Waals surface area contributed by atoms with Crippen molar-refractivity contribution in [3.05, 3.63) is 35.4 Å². The standard InChI is InChI=1S/C15H20N2O3/c1-15(2,3)20-14(19)17(8-9-18)11-13-6-4-12(10-16)5-7-13/h4-7,18H,8-9,11H2,1-3H3. The predicted molar refractivity (Wildman–Crippen MR) is 74.9 cm³/mol. The van der Waals surface area contributed by atoms with Gasteiger partial charge in [-0.2, -0.15) is 5.26 Å². The van der Waals surface area contributed by atoms with Crippen molar-refractivity contribution in [1.29, 1.82) is 5.26 Å². The molecule has 1 amide bonds. The Morgan fingerprint density at radius 2 is 1.95 bits per heavy atom. The molecule has 0 aliphatic heterocycles. The molecule has 0 aromatic heterocycles. The zero-order chi connectivity index (χ0) is 15.2. The largest absolute Gasteiger partial charge is 0.444 e. The van der Waals surface area contributed by atoms with Gasteiger partial charge in [-0.05, 0) is 38.5 Å². The lowest BCUT2D eigenvalue weighted by atomic mass is 10.1. The van der Waals surface area contributed by atoms with Crippen molar-refractivity contribution in [2.45, 2.75) is 32.9 Å². The van der Waals surface area contributed by atoms with E-state index in [2.05, 4.69) is 0 Å². The van der Waals surface area contributed by atoms with Crippen LogP contribution in [-0.4, -0.2) is 34.9 Å². The highest BCUT2D eigenvalue weighted by molar-refractivity contribution is 5.68. The second-order valence-electron chi connectivity index (χ2n) is 5.43. The maximum absolute atomic E-state index is 12.0. The molecule has 0 spiro atoms. The number of ether oxygens (including phenoxy) is 1. The molecule has 20 heavy (non-hydrogen) atoms. The van der Waals surface area contributed by atoms with Crippen LogP contribution in [0.3, 0.4) is 0 Å². The average molecular weight is 276 g/mol. The number of nitriles is 1. The highest BCUT2D eigenvalue weighted by Crippen LogP contribution is 2.13. The number of hydrogen-bond donors (Lipinski definition) is 1. The summed E-state index contributed by atoms with van der Waals surface area (Å²) in [6.45, 7) is 5.79. The molecule has 0 saturated heterocycles. The van der Waals surface area contributed by atoms with Gasteiger partial charge < -0.3 is 14.7 Å². The molecule has 0 fully saturated rings. The molecule has 0 radical (unpaired) electrons. The van der Waals surface area contributed by atoms with E-state index in [0.29, 0.717) is 12.1 Å². The first-order chi connectivity index (χ1) is 9.35. The summed E-state index contributed by atoms with van der Waals surface area (Å²) in [5.74, 6) is 0. The number of rotatable bonds is 4. The lowest BCUT2D eigenvalue weighted by Gasteiger charge is -2.27. The van der Waals surface area contributed by atoms with Crippen molar-refractivity contribution < 1.29 is 14.6 Å². The first-order valence-electron chi connectivity index (χ1n) is 6.43. The number of aliphatic hydroxyl groups is 1. The van der Waals surface area contributed by atoms with Gasteiger partial charge >= 0.3 is 6.09 Å². The minimum Gasteiger partial charge on any atom is -0.444 e. The summed E-state index contributed by atoms with van der Waals surface area (Å²) in [5, 5.41) is 17.8. The first kappa shape index (κ1) is 16.0. The van der Waals surface area contributed by atoms with Gasteiger partial charge in [0.25, 0.3) is 0 Å². The van der Waals surface area contributed by atoms with Crippen molar-refractivity contribution in [1.82, 2.24) is 4.90 Å². The summed E-state index contributed by atoms with van der Waals surface area (Å²) >= 11 is 0. The van der Waals surface area contributed by atoms with Gasteiger partial charge in [0.2, 0.25) is 0 Å². The fourth-order valence-corrected chi connectivity index (χ4v) is 1.59. The van der Waals surface area contributed by atoms with E-state index in [0.717, 1.165) is 5.56 Å². The number of amides is 1. The molecule has 0 atom stereocenters. The third-order valence-corrected chi connectivity index (χ3v) is 2.48. The van der Waals surface area contributed by atoms with Crippen LogP contribution in [0.1, 0.15) is 31.9 Å². The number of aliphatic hydroxyl groups excluding tert-OH is 1. The van der Waals surface area contributed by atoms with Gasteiger partial charge in [-0.1, -0.05) is 12.1 Å². The molecule has 0 bridgehead atoms. The van der Waals surface area contributed by atoms with E-state index < -0.39 is 11.7 Å². The van der Waals surface area contributed by atoms with Gasteiger partial charge in [-0.25, -0.2) is 4.79 Å². The number of carbonyl (C=O) groups excluding carboxylic acids is 1. The van der Waals surface area contributed by atoms with Crippen molar-refractivity contribution in [2.75, 3.05) is 13.2 Å². The maximum atomic E-state index is 12.0. The third kappa shape index (κ3) is 5.29. The van der Waals surface area contributed by atoms with Crippen LogP contribution in [-0.2, 0) is 11.3 Å². The molecule has 1 rings (SSSR count). The molecule has 108 valence electrons. The molecule has 0 aliphatic rings. The zero-order valence-corrected chi connectivity index (χ0v) is 12.1. The van der Waals surface area contributed by atoms with Crippen LogP contribution in [0.4, 0.5) is 4.79 Å². The molecule has 0 unspecified atom stereocenters. The van der Waals surface area contributed by atoms with Gasteiger partial charge in [-0.3, -0.25) is 0 Å². The highest BCUT2D eigenvalue weighted by Gasteiger charge is 2.21. The molecule has 5 nitrogen and oxygen atoms in total. The summed E-state index contributed by atoms with van der Waals surface area (Å²) in [6.07, 6.45) is -0.462. The minimum atomic E-state index is -0.574. The first-order valence-corrected chi connectivity index (χ1v) is 6.43. The molecule has 1 N–H and O–H groups in total. The Bertz CT molecular complexity index is 483. The third-order valence-electron chi connectivity index (χ3n) is 2.48. The van der Waals surface area contributed by atoms with Gasteiger partial charge in [0.1, 0.15) is 5.60 Å². The van der Waals surface area contributed by atoms with Crippen molar-refractivity contribution in [2.24, 2.45) is 0 Å². The maximum Gasteiger partial charge on any atom is 0.410 e. The minimum absolute atomic E-state index is 0.129.